The van der Waals surface area contributed by atoms with Crippen LogP contribution in [0.15, 0.2) is 24.3 Å². The van der Waals surface area contributed by atoms with E-state index in [0.717, 1.165) is 30.4 Å². The van der Waals surface area contributed by atoms with Gasteiger partial charge in [0.05, 0.1) is 6.42 Å². The van der Waals surface area contributed by atoms with Crippen molar-refractivity contribution in [1.82, 2.24) is 5.32 Å². The van der Waals surface area contributed by atoms with Crippen molar-refractivity contribution in [1.29, 1.82) is 0 Å². The SMILES string of the molecule is CCCNC(CC(F)(F)F)c1ccccc1C1CCC1. The van der Waals surface area contributed by atoms with Crippen LogP contribution in [0.2, 0.25) is 0 Å². The normalized spacial score (nSPS) is 17.8. The second-order valence-corrected chi connectivity index (χ2v) is 5.58. The second-order valence-electron chi connectivity index (χ2n) is 5.58. The van der Waals surface area contributed by atoms with Gasteiger partial charge in [-0.2, -0.15) is 13.2 Å². The fraction of sp³-hybridized carbons (Fsp3) is 0.625. The summed E-state index contributed by atoms with van der Waals surface area (Å²) in [7, 11) is 0. The average Bonchev–Trinajstić information content (AvgIpc) is 2.32. The molecule has 0 aliphatic heterocycles. The van der Waals surface area contributed by atoms with Crippen LogP contribution in [0.4, 0.5) is 13.2 Å². The Bertz CT molecular complexity index is 424. The molecule has 1 fully saturated rings. The van der Waals surface area contributed by atoms with Crippen LogP contribution in [0.5, 0.6) is 0 Å². The third-order valence-electron chi connectivity index (χ3n) is 3.99. The Hall–Kier alpha value is -1.03. The van der Waals surface area contributed by atoms with Crippen LogP contribution >= 0.6 is 0 Å². The Morgan fingerprint density at radius 1 is 1.25 bits per heavy atom. The minimum Gasteiger partial charge on any atom is -0.310 e. The smallest absolute Gasteiger partial charge is 0.310 e. The minimum atomic E-state index is -4.14. The Balaban J connectivity index is 2.22. The molecule has 0 radical (unpaired) electrons. The van der Waals surface area contributed by atoms with Gasteiger partial charge in [0.25, 0.3) is 0 Å². The Morgan fingerprint density at radius 2 is 1.95 bits per heavy atom. The zero-order valence-corrected chi connectivity index (χ0v) is 11.8. The summed E-state index contributed by atoms with van der Waals surface area (Å²) in [5.74, 6) is 0.449. The summed E-state index contributed by atoms with van der Waals surface area (Å²) < 4.78 is 38.4. The van der Waals surface area contributed by atoms with Gasteiger partial charge in [-0.25, -0.2) is 0 Å². The quantitative estimate of drug-likeness (QED) is 0.780. The van der Waals surface area contributed by atoms with Gasteiger partial charge in [-0.15, -0.1) is 0 Å². The highest BCUT2D eigenvalue weighted by molar-refractivity contribution is 5.34. The van der Waals surface area contributed by atoms with E-state index in [2.05, 4.69) is 5.32 Å². The van der Waals surface area contributed by atoms with Crippen LogP contribution in [0.3, 0.4) is 0 Å². The first kappa shape index (κ1) is 15.4. The molecule has 20 heavy (non-hydrogen) atoms. The van der Waals surface area contributed by atoms with E-state index in [4.69, 9.17) is 0 Å². The molecule has 1 aromatic rings. The Kier molecular flexibility index (Phi) is 5.08. The fourth-order valence-electron chi connectivity index (χ4n) is 2.76. The molecule has 0 spiro atoms. The zero-order chi connectivity index (χ0) is 14.6. The second kappa shape index (κ2) is 6.61. The van der Waals surface area contributed by atoms with Gasteiger partial charge in [0.15, 0.2) is 0 Å². The van der Waals surface area contributed by atoms with Gasteiger partial charge in [0.2, 0.25) is 0 Å². The molecular weight excluding hydrogens is 263 g/mol. The molecule has 1 saturated carbocycles. The molecule has 1 atom stereocenters. The van der Waals surface area contributed by atoms with Crippen molar-refractivity contribution in [3.63, 3.8) is 0 Å². The Morgan fingerprint density at radius 3 is 2.50 bits per heavy atom. The van der Waals surface area contributed by atoms with Crippen molar-refractivity contribution < 1.29 is 13.2 Å². The molecule has 1 unspecified atom stereocenters. The lowest BCUT2D eigenvalue weighted by Gasteiger charge is -2.31. The molecule has 1 aliphatic carbocycles. The van der Waals surface area contributed by atoms with Crippen molar-refractivity contribution in [2.75, 3.05) is 6.54 Å². The van der Waals surface area contributed by atoms with E-state index in [1.165, 1.54) is 6.42 Å². The van der Waals surface area contributed by atoms with Crippen molar-refractivity contribution in [2.45, 2.75) is 57.2 Å². The van der Waals surface area contributed by atoms with Crippen molar-refractivity contribution in [3.8, 4) is 0 Å². The van der Waals surface area contributed by atoms with Crippen LogP contribution in [0, 0.1) is 0 Å². The van der Waals surface area contributed by atoms with Crippen molar-refractivity contribution in [2.24, 2.45) is 0 Å². The summed E-state index contributed by atoms with van der Waals surface area (Å²) in [5, 5.41) is 3.07. The van der Waals surface area contributed by atoms with Gasteiger partial charge >= 0.3 is 6.18 Å². The van der Waals surface area contributed by atoms with E-state index in [-0.39, 0.29) is 0 Å². The first-order valence-electron chi connectivity index (χ1n) is 7.40. The van der Waals surface area contributed by atoms with Crippen LogP contribution in [-0.2, 0) is 0 Å². The minimum absolute atomic E-state index is 0.449. The summed E-state index contributed by atoms with van der Waals surface area (Å²) in [4.78, 5) is 0. The average molecular weight is 285 g/mol. The van der Waals surface area contributed by atoms with E-state index in [9.17, 15) is 13.2 Å². The van der Waals surface area contributed by atoms with E-state index in [0.29, 0.717) is 12.5 Å². The van der Waals surface area contributed by atoms with Gasteiger partial charge in [-0.3, -0.25) is 0 Å². The molecule has 2 rings (SSSR count). The summed E-state index contributed by atoms with van der Waals surface area (Å²) in [6, 6.07) is 7.01. The molecule has 0 aromatic heterocycles. The summed E-state index contributed by atoms with van der Waals surface area (Å²) in [6.07, 6.45) is -0.715. The molecule has 0 bridgehead atoms. The summed E-state index contributed by atoms with van der Waals surface area (Å²) in [6.45, 7) is 2.58. The first-order chi connectivity index (χ1) is 9.51. The van der Waals surface area contributed by atoms with Crippen LogP contribution in [0.25, 0.3) is 0 Å². The number of rotatable bonds is 6. The standard InChI is InChI=1S/C16H22F3N/c1-2-10-20-15(11-16(17,18)19)14-9-4-3-8-13(14)12-6-5-7-12/h3-4,8-9,12,15,20H,2,5-7,10-11H2,1H3. The maximum absolute atomic E-state index is 12.8. The van der Waals surface area contributed by atoms with Crippen molar-refractivity contribution >= 4 is 0 Å². The number of hydrogen-bond acceptors (Lipinski definition) is 1. The third kappa shape index (κ3) is 3.98. The van der Waals surface area contributed by atoms with E-state index < -0.39 is 18.6 Å². The monoisotopic (exact) mass is 285 g/mol. The lowest BCUT2D eigenvalue weighted by atomic mass is 9.77. The molecule has 1 nitrogen and oxygen atoms in total. The van der Waals surface area contributed by atoms with Gasteiger partial charge in [0, 0.05) is 6.04 Å². The molecule has 4 heteroatoms. The van der Waals surface area contributed by atoms with E-state index >= 15 is 0 Å². The largest absolute Gasteiger partial charge is 0.390 e. The maximum atomic E-state index is 12.8. The molecule has 0 saturated heterocycles. The number of alkyl halides is 3. The van der Waals surface area contributed by atoms with E-state index in [1.807, 2.05) is 31.2 Å². The maximum Gasteiger partial charge on any atom is 0.390 e. The predicted molar refractivity (Wildman–Crippen MR) is 74.7 cm³/mol. The predicted octanol–water partition coefficient (Wildman–Crippen LogP) is 4.95. The number of nitrogens with one attached hydrogen (secondary N) is 1. The molecule has 0 heterocycles. The highest BCUT2D eigenvalue weighted by Crippen LogP contribution is 2.41. The summed E-state index contributed by atoms with van der Waals surface area (Å²) >= 11 is 0. The summed E-state index contributed by atoms with van der Waals surface area (Å²) in [5.41, 5.74) is 1.94. The fourth-order valence-corrected chi connectivity index (χ4v) is 2.76. The lowest BCUT2D eigenvalue weighted by molar-refractivity contribution is -0.140. The third-order valence-corrected chi connectivity index (χ3v) is 3.99. The van der Waals surface area contributed by atoms with Gasteiger partial charge in [0.1, 0.15) is 0 Å². The zero-order valence-electron chi connectivity index (χ0n) is 11.8. The number of benzene rings is 1. The first-order valence-corrected chi connectivity index (χ1v) is 7.40. The highest BCUT2D eigenvalue weighted by atomic mass is 19.4. The van der Waals surface area contributed by atoms with Gasteiger partial charge in [-0.1, -0.05) is 37.6 Å². The van der Waals surface area contributed by atoms with Gasteiger partial charge in [-0.05, 0) is 42.9 Å². The molecular formula is C16H22F3N. The lowest BCUT2D eigenvalue weighted by Crippen LogP contribution is -2.29. The highest BCUT2D eigenvalue weighted by Gasteiger charge is 2.34. The van der Waals surface area contributed by atoms with Crippen molar-refractivity contribution in [3.05, 3.63) is 35.4 Å². The van der Waals surface area contributed by atoms with Gasteiger partial charge < -0.3 is 5.32 Å². The van der Waals surface area contributed by atoms with E-state index in [1.54, 1.807) is 0 Å². The number of halogens is 3. The number of hydrogen-bond donors (Lipinski definition) is 1. The molecule has 112 valence electrons. The van der Waals surface area contributed by atoms with Crippen LogP contribution < -0.4 is 5.32 Å². The molecule has 1 N–H and O–H groups in total. The van der Waals surface area contributed by atoms with Crippen LogP contribution in [-0.4, -0.2) is 12.7 Å². The molecule has 1 aliphatic rings. The molecule has 0 amide bonds. The molecule has 1 aromatic carbocycles. The Labute approximate surface area is 118 Å². The van der Waals surface area contributed by atoms with Crippen LogP contribution in [0.1, 0.15) is 62.1 Å². The topological polar surface area (TPSA) is 12.0 Å².